The molecule has 0 aromatic carbocycles. The van der Waals surface area contributed by atoms with Gasteiger partial charge in [0.1, 0.15) is 0 Å². The van der Waals surface area contributed by atoms with Gasteiger partial charge in [0.15, 0.2) is 0 Å². The summed E-state index contributed by atoms with van der Waals surface area (Å²) in [5, 5.41) is 2.79. The minimum absolute atomic E-state index is 0.100. The van der Waals surface area contributed by atoms with Gasteiger partial charge in [0, 0.05) is 6.54 Å². The van der Waals surface area contributed by atoms with Gasteiger partial charge >= 0.3 is 0 Å². The molecule has 1 amide bonds. The second-order valence-corrected chi connectivity index (χ2v) is 5.16. The minimum atomic E-state index is 0.100. The highest BCUT2D eigenvalue weighted by Crippen LogP contribution is 2.19. The fourth-order valence-electron chi connectivity index (χ4n) is 1.51. The van der Waals surface area contributed by atoms with Crippen LogP contribution in [0.15, 0.2) is 0 Å². The fourth-order valence-corrected chi connectivity index (χ4v) is 1.51. The van der Waals surface area contributed by atoms with E-state index in [4.69, 9.17) is 5.73 Å². The second-order valence-electron chi connectivity index (χ2n) is 5.16. The predicted octanol–water partition coefficient (Wildman–Crippen LogP) is 0.819. The number of nitrogens with zero attached hydrogens (tertiary/aromatic N) is 1. The van der Waals surface area contributed by atoms with Crippen LogP contribution in [0, 0.1) is 5.41 Å². The first-order valence-corrected chi connectivity index (χ1v) is 6.06. The van der Waals surface area contributed by atoms with Gasteiger partial charge in [-0.25, -0.2) is 0 Å². The van der Waals surface area contributed by atoms with Crippen LogP contribution in [-0.2, 0) is 4.79 Å². The number of amides is 1. The van der Waals surface area contributed by atoms with Gasteiger partial charge in [-0.05, 0) is 45.3 Å². The highest BCUT2D eigenvalue weighted by molar-refractivity contribution is 5.77. The summed E-state index contributed by atoms with van der Waals surface area (Å²) in [5.74, 6) is 0.100. The van der Waals surface area contributed by atoms with E-state index in [0.29, 0.717) is 19.6 Å². The summed E-state index contributed by atoms with van der Waals surface area (Å²) >= 11 is 0. The quantitative estimate of drug-likeness (QED) is 0.648. The first-order chi connectivity index (χ1) is 7.41. The third-order valence-electron chi connectivity index (χ3n) is 2.73. The van der Waals surface area contributed by atoms with E-state index in [1.807, 2.05) is 14.0 Å². The first kappa shape index (κ1) is 15.4. The molecule has 0 aromatic heterocycles. The molecule has 0 unspecified atom stereocenters. The number of nitrogens with one attached hydrogen (secondary N) is 1. The lowest BCUT2D eigenvalue weighted by atomic mass is 9.88. The van der Waals surface area contributed by atoms with E-state index in [-0.39, 0.29) is 11.3 Å². The van der Waals surface area contributed by atoms with Crippen molar-refractivity contribution in [1.29, 1.82) is 0 Å². The maximum absolute atomic E-state index is 11.3. The van der Waals surface area contributed by atoms with Crippen LogP contribution in [0.3, 0.4) is 0 Å². The van der Waals surface area contributed by atoms with Crippen LogP contribution in [0.2, 0.25) is 0 Å². The van der Waals surface area contributed by atoms with Gasteiger partial charge in [-0.15, -0.1) is 0 Å². The predicted molar refractivity (Wildman–Crippen MR) is 68.3 cm³/mol. The van der Waals surface area contributed by atoms with E-state index in [2.05, 4.69) is 24.1 Å². The molecule has 0 saturated heterocycles. The minimum Gasteiger partial charge on any atom is -0.355 e. The third kappa shape index (κ3) is 7.65. The van der Waals surface area contributed by atoms with Gasteiger partial charge in [0.05, 0.1) is 6.54 Å². The van der Waals surface area contributed by atoms with Crippen LogP contribution in [0.1, 0.15) is 33.6 Å². The molecule has 16 heavy (non-hydrogen) atoms. The van der Waals surface area contributed by atoms with Gasteiger partial charge in [0.25, 0.3) is 0 Å². The molecule has 0 heterocycles. The SMILES string of the molecule is CCNC(=O)CN(C)CCCC(C)(C)CN. The Balaban J connectivity index is 3.65. The Labute approximate surface area is 99.6 Å². The van der Waals surface area contributed by atoms with Crippen molar-refractivity contribution in [2.45, 2.75) is 33.6 Å². The first-order valence-electron chi connectivity index (χ1n) is 6.06. The molecule has 4 nitrogen and oxygen atoms in total. The highest BCUT2D eigenvalue weighted by atomic mass is 16.1. The third-order valence-corrected chi connectivity index (χ3v) is 2.73. The number of hydrogen-bond acceptors (Lipinski definition) is 3. The van der Waals surface area contributed by atoms with Crippen molar-refractivity contribution in [2.75, 3.05) is 33.2 Å². The highest BCUT2D eigenvalue weighted by Gasteiger charge is 2.15. The second kappa shape index (κ2) is 7.63. The van der Waals surface area contributed by atoms with Crippen molar-refractivity contribution >= 4 is 5.91 Å². The normalized spacial score (nSPS) is 11.9. The van der Waals surface area contributed by atoms with Gasteiger partial charge in [0.2, 0.25) is 5.91 Å². The Bertz CT molecular complexity index is 204. The van der Waals surface area contributed by atoms with E-state index >= 15 is 0 Å². The van der Waals surface area contributed by atoms with E-state index in [0.717, 1.165) is 19.4 Å². The fraction of sp³-hybridized carbons (Fsp3) is 0.917. The molecule has 3 N–H and O–H groups in total. The molecule has 0 aliphatic heterocycles. The molecule has 96 valence electrons. The average Bonchev–Trinajstić information content (AvgIpc) is 2.17. The maximum atomic E-state index is 11.3. The molecule has 0 rings (SSSR count). The number of carbonyl (C=O) groups excluding carboxylic acids is 1. The van der Waals surface area contributed by atoms with E-state index in [1.54, 1.807) is 0 Å². The molecule has 0 radical (unpaired) electrons. The number of hydrogen-bond donors (Lipinski definition) is 2. The molecular weight excluding hydrogens is 202 g/mol. The zero-order valence-electron chi connectivity index (χ0n) is 11.2. The van der Waals surface area contributed by atoms with Gasteiger partial charge in [-0.1, -0.05) is 13.8 Å². The molecule has 0 saturated carbocycles. The number of carbonyl (C=O) groups is 1. The van der Waals surface area contributed by atoms with Crippen molar-refractivity contribution in [2.24, 2.45) is 11.1 Å². The topological polar surface area (TPSA) is 58.4 Å². The van der Waals surface area contributed by atoms with E-state index in [9.17, 15) is 4.79 Å². The summed E-state index contributed by atoms with van der Waals surface area (Å²) in [7, 11) is 1.98. The zero-order valence-corrected chi connectivity index (χ0v) is 11.2. The average molecular weight is 229 g/mol. The standard InChI is InChI=1S/C12H27N3O/c1-5-14-11(16)9-15(4)8-6-7-12(2,3)10-13/h5-10,13H2,1-4H3,(H,14,16). The molecule has 0 atom stereocenters. The van der Waals surface area contributed by atoms with Crippen molar-refractivity contribution < 1.29 is 4.79 Å². The van der Waals surface area contributed by atoms with E-state index in [1.165, 1.54) is 0 Å². The Morgan fingerprint density at radius 3 is 2.56 bits per heavy atom. The van der Waals surface area contributed by atoms with Gasteiger partial charge < -0.3 is 11.1 Å². The lowest BCUT2D eigenvalue weighted by Crippen LogP contribution is -2.35. The summed E-state index contributed by atoms with van der Waals surface area (Å²) in [5.41, 5.74) is 5.88. The maximum Gasteiger partial charge on any atom is 0.234 e. The molecule has 0 aromatic rings. The summed E-state index contributed by atoms with van der Waals surface area (Å²) in [6, 6.07) is 0. The Hall–Kier alpha value is -0.610. The van der Waals surface area contributed by atoms with Crippen molar-refractivity contribution in [3.63, 3.8) is 0 Å². The van der Waals surface area contributed by atoms with E-state index < -0.39 is 0 Å². The van der Waals surface area contributed by atoms with Crippen LogP contribution in [0.4, 0.5) is 0 Å². The number of rotatable bonds is 8. The number of likely N-dealkylation sites (N-methyl/N-ethyl adjacent to an activating group) is 2. The Morgan fingerprint density at radius 1 is 1.44 bits per heavy atom. The zero-order chi connectivity index (χ0) is 12.6. The Kier molecular flexibility index (Phi) is 7.34. The molecular formula is C12H27N3O. The molecule has 4 heteroatoms. The van der Waals surface area contributed by atoms with Crippen molar-refractivity contribution in [3.8, 4) is 0 Å². The van der Waals surface area contributed by atoms with Crippen molar-refractivity contribution in [1.82, 2.24) is 10.2 Å². The lowest BCUT2D eigenvalue weighted by molar-refractivity contribution is -0.121. The summed E-state index contributed by atoms with van der Waals surface area (Å²) in [6.07, 6.45) is 2.18. The van der Waals surface area contributed by atoms with Gasteiger partial charge in [-0.3, -0.25) is 9.69 Å². The molecule has 0 spiro atoms. The Morgan fingerprint density at radius 2 is 2.06 bits per heavy atom. The van der Waals surface area contributed by atoms with Crippen LogP contribution < -0.4 is 11.1 Å². The molecule has 0 aliphatic rings. The molecule has 0 fully saturated rings. The van der Waals surface area contributed by atoms with Gasteiger partial charge in [-0.2, -0.15) is 0 Å². The molecule has 0 aliphatic carbocycles. The van der Waals surface area contributed by atoms with Crippen LogP contribution in [0.25, 0.3) is 0 Å². The van der Waals surface area contributed by atoms with Crippen LogP contribution in [-0.4, -0.2) is 44.0 Å². The smallest absolute Gasteiger partial charge is 0.234 e. The summed E-state index contributed by atoms with van der Waals surface area (Å²) < 4.78 is 0. The lowest BCUT2D eigenvalue weighted by Gasteiger charge is -2.23. The summed E-state index contributed by atoms with van der Waals surface area (Å²) in [6.45, 7) is 9.13. The van der Waals surface area contributed by atoms with Crippen LogP contribution >= 0.6 is 0 Å². The molecule has 0 bridgehead atoms. The van der Waals surface area contributed by atoms with Crippen molar-refractivity contribution in [3.05, 3.63) is 0 Å². The monoisotopic (exact) mass is 229 g/mol. The summed E-state index contributed by atoms with van der Waals surface area (Å²) in [4.78, 5) is 13.4. The largest absolute Gasteiger partial charge is 0.355 e. The number of nitrogens with two attached hydrogens (primary N) is 1. The van der Waals surface area contributed by atoms with Crippen LogP contribution in [0.5, 0.6) is 0 Å².